The van der Waals surface area contributed by atoms with Crippen LogP contribution in [0.3, 0.4) is 0 Å². The van der Waals surface area contributed by atoms with Crippen molar-refractivity contribution in [2.24, 2.45) is 0 Å². The highest BCUT2D eigenvalue weighted by atomic mass is 16.5. The zero-order chi connectivity index (χ0) is 22.9. The number of ether oxygens (including phenoxy) is 1. The molecular formula is C30H46O2. The van der Waals surface area contributed by atoms with Gasteiger partial charge in [-0.05, 0) is 49.4 Å². The van der Waals surface area contributed by atoms with E-state index < -0.39 is 0 Å². The molecule has 0 saturated carbocycles. The highest BCUT2D eigenvalue weighted by molar-refractivity contribution is 5.52. The molecule has 0 unspecified atom stereocenters. The monoisotopic (exact) mass is 438 g/mol. The van der Waals surface area contributed by atoms with E-state index in [1.807, 2.05) is 36.4 Å². The summed E-state index contributed by atoms with van der Waals surface area (Å²) in [4.78, 5) is 0. The highest BCUT2D eigenvalue weighted by Gasteiger charge is 2.15. The van der Waals surface area contributed by atoms with Crippen LogP contribution in [0.4, 0.5) is 0 Å². The average Bonchev–Trinajstić information content (AvgIpc) is 2.81. The largest absolute Gasteiger partial charge is 0.504 e. The number of unbranched alkanes of at least 4 members (excludes halogenated alkanes) is 12. The summed E-state index contributed by atoms with van der Waals surface area (Å²) >= 11 is 0. The van der Waals surface area contributed by atoms with Gasteiger partial charge in [0.2, 0.25) is 0 Å². The molecule has 2 aromatic rings. The molecule has 0 aromatic heterocycles. The lowest BCUT2D eigenvalue weighted by atomic mass is 9.95. The van der Waals surface area contributed by atoms with Crippen molar-refractivity contribution in [2.45, 2.75) is 117 Å². The van der Waals surface area contributed by atoms with Crippen LogP contribution in [0.2, 0.25) is 0 Å². The third kappa shape index (κ3) is 10.1. The Bertz CT molecular complexity index is 723. The maximum Gasteiger partial charge on any atom is 0.172 e. The average molecular weight is 439 g/mol. The Hall–Kier alpha value is -1.96. The predicted octanol–water partition coefficient (Wildman–Crippen LogP) is 9.77. The van der Waals surface area contributed by atoms with Crippen molar-refractivity contribution in [3.05, 3.63) is 53.6 Å². The van der Waals surface area contributed by atoms with Gasteiger partial charge in [0.15, 0.2) is 11.5 Å². The van der Waals surface area contributed by atoms with E-state index in [2.05, 4.69) is 19.9 Å². The summed E-state index contributed by atoms with van der Waals surface area (Å²) < 4.78 is 6.20. The molecule has 2 aromatic carbocycles. The van der Waals surface area contributed by atoms with Gasteiger partial charge in [-0.2, -0.15) is 0 Å². The van der Waals surface area contributed by atoms with E-state index >= 15 is 0 Å². The minimum atomic E-state index is 0.258. The summed E-state index contributed by atoms with van der Waals surface area (Å²) in [7, 11) is 0. The molecule has 0 spiro atoms. The quantitative estimate of drug-likeness (QED) is 0.235. The maximum absolute atomic E-state index is 10.6. The highest BCUT2D eigenvalue weighted by Crippen LogP contribution is 2.38. The molecule has 2 nitrogen and oxygen atoms in total. The van der Waals surface area contributed by atoms with Crippen LogP contribution < -0.4 is 4.74 Å². The third-order valence-corrected chi connectivity index (χ3v) is 6.38. The lowest BCUT2D eigenvalue weighted by molar-refractivity contribution is 0.405. The van der Waals surface area contributed by atoms with E-state index in [4.69, 9.17) is 4.74 Å². The van der Waals surface area contributed by atoms with Gasteiger partial charge in [0.25, 0.3) is 0 Å². The molecule has 0 fully saturated rings. The summed E-state index contributed by atoms with van der Waals surface area (Å²) in [6.45, 7) is 4.53. The van der Waals surface area contributed by atoms with Gasteiger partial charge in [-0.3, -0.25) is 0 Å². The van der Waals surface area contributed by atoms with Gasteiger partial charge in [0.1, 0.15) is 5.75 Å². The Balaban J connectivity index is 1.93. The number of phenols is 1. The summed E-state index contributed by atoms with van der Waals surface area (Å²) in [6.07, 6.45) is 20.4. The van der Waals surface area contributed by atoms with Crippen molar-refractivity contribution in [1.29, 1.82) is 0 Å². The van der Waals surface area contributed by atoms with Crippen LogP contribution in [0.5, 0.6) is 17.2 Å². The zero-order valence-corrected chi connectivity index (χ0v) is 20.7. The molecule has 0 saturated heterocycles. The molecule has 2 heteroatoms. The minimum absolute atomic E-state index is 0.258. The van der Waals surface area contributed by atoms with Gasteiger partial charge in [-0.25, -0.2) is 0 Å². The molecular weight excluding hydrogens is 392 g/mol. The molecule has 0 heterocycles. The maximum atomic E-state index is 10.6. The molecule has 178 valence electrons. The van der Waals surface area contributed by atoms with Crippen LogP contribution in [0.15, 0.2) is 42.5 Å². The zero-order valence-electron chi connectivity index (χ0n) is 20.7. The van der Waals surface area contributed by atoms with E-state index in [1.54, 1.807) is 0 Å². The summed E-state index contributed by atoms with van der Waals surface area (Å²) in [5, 5.41) is 10.6. The van der Waals surface area contributed by atoms with Crippen molar-refractivity contribution >= 4 is 0 Å². The fourth-order valence-electron chi connectivity index (χ4n) is 4.42. The topological polar surface area (TPSA) is 29.5 Å². The number of hydrogen-bond donors (Lipinski definition) is 1. The molecule has 32 heavy (non-hydrogen) atoms. The van der Waals surface area contributed by atoms with E-state index in [0.717, 1.165) is 25.0 Å². The van der Waals surface area contributed by atoms with Crippen molar-refractivity contribution in [3.8, 4) is 17.2 Å². The Morgan fingerprint density at radius 1 is 0.594 bits per heavy atom. The Morgan fingerprint density at radius 3 is 1.75 bits per heavy atom. The van der Waals surface area contributed by atoms with E-state index in [-0.39, 0.29) is 5.75 Å². The molecule has 0 amide bonds. The van der Waals surface area contributed by atoms with Crippen LogP contribution in [0, 0.1) is 0 Å². The predicted molar refractivity (Wildman–Crippen MR) is 138 cm³/mol. The molecule has 1 N–H and O–H groups in total. The minimum Gasteiger partial charge on any atom is -0.504 e. The summed E-state index contributed by atoms with van der Waals surface area (Å²) in [5.41, 5.74) is 2.56. The number of hydrogen-bond acceptors (Lipinski definition) is 2. The Morgan fingerprint density at radius 2 is 1.12 bits per heavy atom. The number of aromatic hydroxyl groups is 1. The fourth-order valence-corrected chi connectivity index (χ4v) is 4.42. The second kappa shape index (κ2) is 16.6. The van der Waals surface area contributed by atoms with Gasteiger partial charge < -0.3 is 9.84 Å². The van der Waals surface area contributed by atoms with Crippen LogP contribution in [0.1, 0.15) is 115 Å². The van der Waals surface area contributed by atoms with Crippen LogP contribution >= 0.6 is 0 Å². The summed E-state index contributed by atoms with van der Waals surface area (Å²) in [6, 6.07) is 13.8. The first-order chi connectivity index (χ1) is 15.8. The van der Waals surface area contributed by atoms with Gasteiger partial charge in [-0.1, -0.05) is 115 Å². The lowest BCUT2D eigenvalue weighted by Gasteiger charge is -2.17. The van der Waals surface area contributed by atoms with Crippen molar-refractivity contribution < 1.29 is 9.84 Å². The van der Waals surface area contributed by atoms with Gasteiger partial charge in [0.05, 0.1) is 0 Å². The number of rotatable bonds is 18. The number of aryl methyl sites for hydroxylation is 1. The normalized spacial score (nSPS) is 11.1. The third-order valence-electron chi connectivity index (χ3n) is 6.38. The molecule has 0 atom stereocenters. The van der Waals surface area contributed by atoms with E-state index in [1.165, 1.54) is 94.6 Å². The smallest absolute Gasteiger partial charge is 0.172 e. The van der Waals surface area contributed by atoms with Crippen molar-refractivity contribution in [1.82, 2.24) is 0 Å². The number of benzene rings is 2. The molecule has 0 aliphatic heterocycles. The Kier molecular flexibility index (Phi) is 13.7. The van der Waals surface area contributed by atoms with Gasteiger partial charge in [0, 0.05) is 5.56 Å². The molecule has 0 aliphatic rings. The first kappa shape index (κ1) is 26.3. The SMILES string of the molecule is CCCCCCCCCCCCc1c(CCCCCC)ccc(O)c1Oc1ccccc1. The summed E-state index contributed by atoms with van der Waals surface area (Å²) in [5.74, 6) is 1.71. The molecule has 2 rings (SSSR count). The lowest BCUT2D eigenvalue weighted by Crippen LogP contribution is -2.00. The van der Waals surface area contributed by atoms with Crippen LogP contribution in [-0.2, 0) is 12.8 Å². The second-order valence-corrected chi connectivity index (χ2v) is 9.21. The van der Waals surface area contributed by atoms with Crippen LogP contribution in [-0.4, -0.2) is 5.11 Å². The second-order valence-electron chi connectivity index (χ2n) is 9.21. The first-order valence-corrected chi connectivity index (χ1v) is 13.3. The van der Waals surface area contributed by atoms with Gasteiger partial charge in [-0.15, -0.1) is 0 Å². The van der Waals surface area contributed by atoms with E-state index in [9.17, 15) is 5.11 Å². The number of para-hydroxylation sites is 1. The van der Waals surface area contributed by atoms with Crippen LogP contribution in [0.25, 0.3) is 0 Å². The molecule has 0 bridgehead atoms. The fraction of sp³-hybridized carbons (Fsp3) is 0.600. The molecule has 0 aliphatic carbocycles. The van der Waals surface area contributed by atoms with Gasteiger partial charge >= 0.3 is 0 Å². The van der Waals surface area contributed by atoms with E-state index in [0.29, 0.717) is 5.75 Å². The first-order valence-electron chi connectivity index (χ1n) is 13.3. The molecule has 0 radical (unpaired) electrons. The standard InChI is InChI=1S/C30H46O2/c1-3-5-7-9-10-11-12-13-14-19-23-28-26(20-16-8-6-4-2)24-25-29(31)30(28)32-27-21-17-15-18-22-27/h15,17-18,21-22,24-25,31H,3-14,16,19-20,23H2,1-2H3. The van der Waals surface area contributed by atoms with Crippen molar-refractivity contribution in [2.75, 3.05) is 0 Å². The Labute approximate surface area is 197 Å². The number of phenolic OH excluding ortho intramolecular Hbond substituents is 1. The van der Waals surface area contributed by atoms with Crippen molar-refractivity contribution in [3.63, 3.8) is 0 Å².